The van der Waals surface area contributed by atoms with Crippen LogP contribution in [-0.2, 0) is 0 Å². The van der Waals surface area contributed by atoms with Gasteiger partial charge < -0.3 is 19.3 Å². The van der Waals surface area contributed by atoms with Crippen LogP contribution >= 0.6 is 0 Å². The van der Waals surface area contributed by atoms with Gasteiger partial charge in [-0.1, -0.05) is 35.5 Å². The number of ether oxygens (including phenoxy) is 2. The standard InChI is InChI=1S/C22H16N2O4/c25-22(23-16-7-9-19-20(13-16)27-11-10-26-19)15-6-8-18-17(12-15)21(28-24-18)14-4-2-1-3-5-14/h1-9,12-13H,10-11H2,(H,23,25). The van der Waals surface area contributed by atoms with Crippen molar-refractivity contribution in [2.75, 3.05) is 18.5 Å². The van der Waals surface area contributed by atoms with Gasteiger partial charge in [-0.05, 0) is 30.3 Å². The lowest BCUT2D eigenvalue weighted by Crippen LogP contribution is -2.16. The van der Waals surface area contributed by atoms with E-state index in [1.807, 2.05) is 30.3 Å². The van der Waals surface area contributed by atoms with E-state index >= 15 is 0 Å². The summed E-state index contributed by atoms with van der Waals surface area (Å²) >= 11 is 0. The first-order valence-corrected chi connectivity index (χ1v) is 8.94. The Morgan fingerprint density at radius 1 is 0.893 bits per heavy atom. The molecule has 1 aliphatic rings. The maximum atomic E-state index is 12.8. The first-order valence-electron chi connectivity index (χ1n) is 8.94. The van der Waals surface area contributed by atoms with Gasteiger partial charge in [-0.2, -0.15) is 0 Å². The largest absolute Gasteiger partial charge is 0.486 e. The van der Waals surface area contributed by atoms with Gasteiger partial charge in [0.25, 0.3) is 5.91 Å². The van der Waals surface area contributed by atoms with E-state index in [-0.39, 0.29) is 5.91 Å². The molecular formula is C22H16N2O4. The molecule has 1 N–H and O–H groups in total. The van der Waals surface area contributed by atoms with E-state index in [9.17, 15) is 4.79 Å². The summed E-state index contributed by atoms with van der Waals surface area (Å²) in [6.45, 7) is 1.03. The fourth-order valence-corrected chi connectivity index (χ4v) is 3.20. The van der Waals surface area contributed by atoms with Crippen LogP contribution in [0.5, 0.6) is 11.5 Å². The highest BCUT2D eigenvalue weighted by atomic mass is 16.6. The maximum absolute atomic E-state index is 12.8. The monoisotopic (exact) mass is 372 g/mol. The Kier molecular flexibility index (Phi) is 3.94. The third-order valence-electron chi connectivity index (χ3n) is 4.57. The molecular weight excluding hydrogens is 356 g/mol. The number of carbonyl (C=O) groups is 1. The van der Waals surface area contributed by atoms with Crippen molar-refractivity contribution in [2.45, 2.75) is 0 Å². The third kappa shape index (κ3) is 2.95. The third-order valence-corrected chi connectivity index (χ3v) is 4.57. The van der Waals surface area contributed by atoms with Crippen LogP contribution < -0.4 is 14.8 Å². The SMILES string of the molecule is O=C(Nc1ccc2c(c1)OCCO2)c1ccc2noc(-c3ccccc3)c2c1. The molecule has 1 amide bonds. The Balaban J connectivity index is 1.45. The van der Waals surface area contributed by atoms with Crippen molar-refractivity contribution < 1.29 is 18.8 Å². The molecule has 0 atom stereocenters. The Bertz CT molecular complexity index is 1170. The smallest absolute Gasteiger partial charge is 0.255 e. The molecule has 6 heteroatoms. The number of nitrogens with one attached hydrogen (secondary N) is 1. The maximum Gasteiger partial charge on any atom is 0.255 e. The van der Waals surface area contributed by atoms with Crippen molar-refractivity contribution in [1.29, 1.82) is 0 Å². The minimum absolute atomic E-state index is 0.223. The first-order chi connectivity index (χ1) is 13.8. The average Bonchev–Trinajstić information content (AvgIpc) is 3.17. The molecule has 0 fully saturated rings. The van der Waals surface area contributed by atoms with Gasteiger partial charge >= 0.3 is 0 Å². The quantitative estimate of drug-likeness (QED) is 0.572. The molecule has 3 aromatic carbocycles. The van der Waals surface area contributed by atoms with E-state index in [1.165, 1.54) is 0 Å². The van der Waals surface area contributed by atoms with Gasteiger partial charge in [0.2, 0.25) is 0 Å². The number of hydrogen-bond acceptors (Lipinski definition) is 5. The van der Waals surface area contributed by atoms with Gasteiger partial charge in [0, 0.05) is 22.9 Å². The van der Waals surface area contributed by atoms with Crippen LogP contribution in [0.1, 0.15) is 10.4 Å². The van der Waals surface area contributed by atoms with Crippen LogP contribution in [0.4, 0.5) is 5.69 Å². The lowest BCUT2D eigenvalue weighted by Gasteiger charge is -2.19. The van der Waals surface area contributed by atoms with Crippen molar-refractivity contribution in [3.63, 3.8) is 0 Å². The van der Waals surface area contributed by atoms with Crippen molar-refractivity contribution in [2.24, 2.45) is 0 Å². The molecule has 138 valence electrons. The van der Waals surface area contributed by atoms with Gasteiger partial charge in [0.15, 0.2) is 17.3 Å². The van der Waals surface area contributed by atoms with E-state index in [0.717, 1.165) is 10.9 Å². The molecule has 0 bridgehead atoms. The fourth-order valence-electron chi connectivity index (χ4n) is 3.20. The molecule has 0 saturated heterocycles. The van der Waals surface area contributed by atoms with Crippen LogP contribution in [0.2, 0.25) is 0 Å². The van der Waals surface area contributed by atoms with Gasteiger partial charge in [-0.3, -0.25) is 4.79 Å². The first kappa shape index (κ1) is 16.4. The lowest BCUT2D eigenvalue weighted by atomic mass is 10.1. The summed E-state index contributed by atoms with van der Waals surface area (Å²) in [7, 11) is 0. The van der Waals surface area contributed by atoms with E-state index in [4.69, 9.17) is 14.0 Å². The van der Waals surface area contributed by atoms with E-state index in [0.29, 0.717) is 47.2 Å². The molecule has 28 heavy (non-hydrogen) atoms. The molecule has 4 aromatic rings. The van der Waals surface area contributed by atoms with Crippen LogP contribution in [0.25, 0.3) is 22.2 Å². The highest BCUT2D eigenvalue weighted by molar-refractivity contribution is 6.07. The molecule has 6 nitrogen and oxygen atoms in total. The summed E-state index contributed by atoms with van der Waals surface area (Å²) in [6, 6.07) is 20.3. The van der Waals surface area contributed by atoms with E-state index < -0.39 is 0 Å². The van der Waals surface area contributed by atoms with Gasteiger partial charge in [0.1, 0.15) is 18.7 Å². The number of rotatable bonds is 3. The number of amides is 1. The normalized spacial score (nSPS) is 12.7. The Morgan fingerprint density at radius 2 is 1.71 bits per heavy atom. The zero-order valence-electron chi connectivity index (χ0n) is 14.8. The second kappa shape index (κ2) is 6.74. The van der Waals surface area contributed by atoms with Crippen LogP contribution in [0.3, 0.4) is 0 Å². The minimum Gasteiger partial charge on any atom is -0.486 e. The molecule has 1 aromatic heterocycles. The molecule has 0 spiro atoms. The number of anilines is 1. The number of carbonyl (C=O) groups excluding carboxylic acids is 1. The zero-order valence-corrected chi connectivity index (χ0v) is 14.8. The topological polar surface area (TPSA) is 73.6 Å². The number of fused-ring (bicyclic) bond motifs is 2. The summed E-state index contributed by atoms with van der Waals surface area (Å²) in [6.07, 6.45) is 0. The van der Waals surface area contributed by atoms with Crippen LogP contribution in [0, 0.1) is 0 Å². The number of hydrogen-bond donors (Lipinski definition) is 1. The summed E-state index contributed by atoms with van der Waals surface area (Å²) in [5.41, 5.74) is 2.77. The van der Waals surface area contributed by atoms with Crippen molar-refractivity contribution in [1.82, 2.24) is 5.16 Å². The van der Waals surface area contributed by atoms with Gasteiger partial charge in [-0.25, -0.2) is 0 Å². The second-order valence-electron chi connectivity index (χ2n) is 6.42. The number of benzene rings is 3. The van der Waals surface area contributed by atoms with Gasteiger partial charge in [0.05, 0.1) is 5.39 Å². The number of aromatic nitrogens is 1. The number of nitrogens with zero attached hydrogens (tertiary/aromatic N) is 1. The molecule has 0 saturated carbocycles. The molecule has 0 aliphatic carbocycles. The highest BCUT2D eigenvalue weighted by Gasteiger charge is 2.16. The second-order valence-corrected chi connectivity index (χ2v) is 6.42. The minimum atomic E-state index is -0.223. The van der Waals surface area contributed by atoms with Gasteiger partial charge in [-0.15, -0.1) is 0 Å². The van der Waals surface area contributed by atoms with Crippen molar-refractivity contribution in [3.05, 3.63) is 72.3 Å². The lowest BCUT2D eigenvalue weighted by molar-refractivity contribution is 0.102. The predicted octanol–water partition coefficient (Wildman–Crippen LogP) is 4.52. The van der Waals surface area contributed by atoms with Crippen LogP contribution in [-0.4, -0.2) is 24.3 Å². The van der Waals surface area contributed by atoms with Crippen molar-refractivity contribution >= 4 is 22.5 Å². The van der Waals surface area contributed by atoms with Crippen LogP contribution in [0.15, 0.2) is 71.3 Å². The average molecular weight is 372 g/mol. The summed E-state index contributed by atoms with van der Waals surface area (Å²) in [5, 5.41) is 7.78. The fraction of sp³-hybridized carbons (Fsp3) is 0.0909. The molecule has 5 rings (SSSR count). The zero-order chi connectivity index (χ0) is 18.9. The Morgan fingerprint density at radius 3 is 2.57 bits per heavy atom. The Hall–Kier alpha value is -3.80. The highest BCUT2D eigenvalue weighted by Crippen LogP contribution is 2.33. The Labute approximate surface area is 160 Å². The predicted molar refractivity (Wildman–Crippen MR) is 105 cm³/mol. The molecule has 0 radical (unpaired) electrons. The molecule has 0 unspecified atom stereocenters. The summed E-state index contributed by atoms with van der Waals surface area (Å²) in [5.74, 6) is 1.73. The van der Waals surface area contributed by atoms with E-state index in [2.05, 4.69) is 10.5 Å². The molecule has 2 heterocycles. The molecule has 1 aliphatic heterocycles. The van der Waals surface area contributed by atoms with E-state index in [1.54, 1.807) is 36.4 Å². The van der Waals surface area contributed by atoms with Crippen molar-refractivity contribution in [3.8, 4) is 22.8 Å². The summed E-state index contributed by atoms with van der Waals surface area (Å²) < 4.78 is 16.6. The summed E-state index contributed by atoms with van der Waals surface area (Å²) in [4.78, 5) is 12.8.